The maximum absolute atomic E-state index is 4.46. The zero-order valence-electron chi connectivity index (χ0n) is 15.1. The van der Waals surface area contributed by atoms with Crippen LogP contribution in [-0.2, 0) is 0 Å². The minimum atomic E-state index is 0.920. The Hall–Kier alpha value is -3.78. The van der Waals surface area contributed by atoms with Gasteiger partial charge in [-0.25, -0.2) is 0 Å². The normalized spacial score (nSPS) is 11.6. The molecule has 6 rings (SSSR count). The molecule has 0 N–H and O–H groups in total. The molecule has 0 spiro atoms. The highest BCUT2D eigenvalue weighted by Gasteiger charge is 2.09. The summed E-state index contributed by atoms with van der Waals surface area (Å²) in [4.78, 5) is 8.84. The van der Waals surface area contributed by atoms with Crippen molar-refractivity contribution in [3.8, 4) is 11.1 Å². The van der Waals surface area contributed by atoms with Gasteiger partial charge in [0.15, 0.2) is 0 Å². The summed E-state index contributed by atoms with van der Waals surface area (Å²) in [6.07, 6.45) is 3.47. The summed E-state index contributed by atoms with van der Waals surface area (Å²) < 4.78 is 0. The van der Waals surface area contributed by atoms with Crippen LogP contribution in [0.3, 0.4) is 0 Å². The van der Waals surface area contributed by atoms with E-state index in [4.69, 9.17) is 0 Å². The largest absolute Gasteiger partial charge is 0.253 e. The maximum Gasteiger partial charge on any atom is 0.0892 e. The summed E-state index contributed by atoms with van der Waals surface area (Å²) in [6.45, 7) is 0. The minimum absolute atomic E-state index is 0.920. The standard InChI is InChI=1S/C26H16N2/c1-2-7-21-19(5-1)20-6-3-4-8-22(20)24-15-17(9-11-23(21)24)18-10-12-25-26(16-18)28-14-13-27-25/h1-16H. The van der Waals surface area contributed by atoms with Crippen molar-refractivity contribution in [3.05, 3.63) is 97.3 Å². The molecule has 0 aliphatic heterocycles. The van der Waals surface area contributed by atoms with Gasteiger partial charge in [-0.05, 0) is 61.6 Å². The van der Waals surface area contributed by atoms with E-state index in [0.717, 1.165) is 16.6 Å². The average Bonchev–Trinajstić information content (AvgIpc) is 2.78. The molecule has 0 atom stereocenters. The van der Waals surface area contributed by atoms with Crippen LogP contribution < -0.4 is 0 Å². The van der Waals surface area contributed by atoms with Crippen molar-refractivity contribution in [2.45, 2.75) is 0 Å². The summed E-state index contributed by atoms with van der Waals surface area (Å²) in [6, 6.07) is 30.4. The molecule has 6 aromatic rings. The van der Waals surface area contributed by atoms with Gasteiger partial charge < -0.3 is 0 Å². The van der Waals surface area contributed by atoms with E-state index in [1.165, 1.54) is 37.9 Å². The first-order valence-electron chi connectivity index (χ1n) is 9.43. The van der Waals surface area contributed by atoms with Crippen molar-refractivity contribution in [1.82, 2.24) is 9.97 Å². The van der Waals surface area contributed by atoms with Gasteiger partial charge in [0, 0.05) is 12.4 Å². The van der Waals surface area contributed by atoms with E-state index in [2.05, 4.69) is 88.8 Å². The van der Waals surface area contributed by atoms with Gasteiger partial charge in [-0.2, -0.15) is 0 Å². The number of aromatic nitrogens is 2. The molecule has 0 unspecified atom stereocenters. The third kappa shape index (κ3) is 2.21. The lowest BCUT2D eigenvalue weighted by Crippen LogP contribution is -1.86. The second-order valence-corrected chi connectivity index (χ2v) is 7.11. The fourth-order valence-corrected chi connectivity index (χ4v) is 4.23. The van der Waals surface area contributed by atoms with Crippen LogP contribution in [-0.4, -0.2) is 9.97 Å². The molecular formula is C26H16N2. The SMILES string of the molecule is c1ccc2c(c1)c1ccccc1c1cc(-c3ccc4nccnc4c3)ccc21. The Kier molecular flexibility index (Phi) is 3.20. The van der Waals surface area contributed by atoms with Crippen LogP contribution in [0.1, 0.15) is 0 Å². The van der Waals surface area contributed by atoms with Crippen LogP contribution in [0.2, 0.25) is 0 Å². The molecule has 0 saturated carbocycles. The minimum Gasteiger partial charge on any atom is -0.253 e. The Morgan fingerprint density at radius 2 is 0.893 bits per heavy atom. The molecule has 0 amide bonds. The number of fused-ring (bicyclic) bond motifs is 7. The molecule has 0 aliphatic carbocycles. The molecule has 130 valence electrons. The molecule has 2 heteroatoms. The number of hydrogen-bond donors (Lipinski definition) is 0. The Bertz CT molecular complexity index is 1480. The summed E-state index contributed by atoms with van der Waals surface area (Å²) in [5.41, 5.74) is 4.19. The predicted octanol–water partition coefficient (Wildman–Crippen LogP) is 6.76. The second kappa shape index (κ2) is 5.86. The van der Waals surface area contributed by atoms with Gasteiger partial charge in [0.2, 0.25) is 0 Å². The Morgan fingerprint density at radius 3 is 1.57 bits per heavy atom. The van der Waals surface area contributed by atoms with Crippen LogP contribution in [0.15, 0.2) is 97.3 Å². The monoisotopic (exact) mass is 356 g/mol. The van der Waals surface area contributed by atoms with Crippen molar-refractivity contribution in [2.24, 2.45) is 0 Å². The summed E-state index contributed by atoms with van der Waals surface area (Å²) in [5, 5.41) is 7.77. The lowest BCUT2D eigenvalue weighted by Gasteiger charge is -2.12. The Balaban J connectivity index is 1.70. The quantitative estimate of drug-likeness (QED) is 0.304. The van der Waals surface area contributed by atoms with Crippen molar-refractivity contribution in [2.75, 3.05) is 0 Å². The van der Waals surface area contributed by atoms with E-state index in [0.29, 0.717) is 0 Å². The second-order valence-electron chi connectivity index (χ2n) is 7.11. The zero-order valence-corrected chi connectivity index (χ0v) is 15.1. The number of nitrogens with zero attached hydrogens (tertiary/aromatic N) is 2. The van der Waals surface area contributed by atoms with Crippen LogP contribution in [0.25, 0.3) is 54.5 Å². The topological polar surface area (TPSA) is 25.8 Å². The van der Waals surface area contributed by atoms with Gasteiger partial charge >= 0.3 is 0 Å². The number of benzene rings is 5. The van der Waals surface area contributed by atoms with Gasteiger partial charge in [-0.1, -0.05) is 66.7 Å². The van der Waals surface area contributed by atoms with Crippen LogP contribution in [0, 0.1) is 0 Å². The predicted molar refractivity (Wildman–Crippen MR) is 117 cm³/mol. The molecular weight excluding hydrogens is 340 g/mol. The van der Waals surface area contributed by atoms with Gasteiger partial charge in [-0.3, -0.25) is 9.97 Å². The smallest absolute Gasteiger partial charge is 0.0892 e. The third-order valence-corrected chi connectivity index (χ3v) is 5.55. The first kappa shape index (κ1) is 15.3. The van der Waals surface area contributed by atoms with Crippen molar-refractivity contribution in [1.29, 1.82) is 0 Å². The number of rotatable bonds is 1. The third-order valence-electron chi connectivity index (χ3n) is 5.55. The van der Waals surface area contributed by atoms with E-state index < -0.39 is 0 Å². The maximum atomic E-state index is 4.46. The Labute approximate surface area is 162 Å². The van der Waals surface area contributed by atoms with Gasteiger partial charge in [0.25, 0.3) is 0 Å². The van der Waals surface area contributed by atoms with Crippen molar-refractivity contribution in [3.63, 3.8) is 0 Å². The zero-order chi connectivity index (χ0) is 18.5. The van der Waals surface area contributed by atoms with Crippen LogP contribution >= 0.6 is 0 Å². The first-order chi connectivity index (χ1) is 13.9. The van der Waals surface area contributed by atoms with Crippen molar-refractivity contribution >= 4 is 43.4 Å². The highest BCUT2D eigenvalue weighted by molar-refractivity contribution is 6.25. The van der Waals surface area contributed by atoms with Crippen LogP contribution in [0.5, 0.6) is 0 Å². The lowest BCUT2D eigenvalue weighted by molar-refractivity contribution is 1.29. The van der Waals surface area contributed by atoms with E-state index in [-0.39, 0.29) is 0 Å². The lowest BCUT2D eigenvalue weighted by atomic mass is 9.92. The van der Waals surface area contributed by atoms with Crippen LogP contribution in [0.4, 0.5) is 0 Å². The van der Waals surface area contributed by atoms with Gasteiger partial charge in [0.05, 0.1) is 11.0 Å². The summed E-state index contributed by atoms with van der Waals surface area (Å²) >= 11 is 0. The Morgan fingerprint density at radius 1 is 0.393 bits per heavy atom. The highest BCUT2D eigenvalue weighted by Crippen LogP contribution is 2.37. The molecule has 1 heterocycles. The molecule has 0 radical (unpaired) electrons. The van der Waals surface area contributed by atoms with E-state index in [1.807, 2.05) is 6.07 Å². The molecule has 0 bridgehead atoms. The first-order valence-corrected chi connectivity index (χ1v) is 9.43. The molecule has 2 nitrogen and oxygen atoms in total. The fourth-order valence-electron chi connectivity index (χ4n) is 4.23. The fraction of sp³-hybridized carbons (Fsp3) is 0. The molecule has 1 aromatic heterocycles. The van der Waals surface area contributed by atoms with E-state index in [9.17, 15) is 0 Å². The van der Waals surface area contributed by atoms with Gasteiger partial charge in [0.1, 0.15) is 0 Å². The molecule has 0 fully saturated rings. The molecule has 5 aromatic carbocycles. The average molecular weight is 356 g/mol. The number of hydrogen-bond acceptors (Lipinski definition) is 2. The van der Waals surface area contributed by atoms with Crippen molar-refractivity contribution < 1.29 is 0 Å². The summed E-state index contributed by atoms with van der Waals surface area (Å²) in [7, 11) is 0. The van der Waals surface area contributed by atoms with E-state index >= 15 is 0 Å². The summed E-state index contributed by atoms with van der Waals surface area (Å²) in [5.74, 6) is 0. The highest BCUT2D eigenvalue weighted by atomic mass is 14.8. The molecule has 0 saturated heterocycles. The van der Waals surface area contributed by atoms with E-state index in [1.54, 1.807) is 12.4 Å². The molecule has 28 heavy (non-hydrogen) atoms. The molecule has 0 aliphatic rings. The van der Waals surface area contributed by atoms with Gasteiger partial charge in [-0.15, -0.1) is 0 Å².